The van der Waals surface area contributed by atoms with Crippen molar-refractivity contribution < 1.29 is 0 Å². The van der Waals surface area contributed by atoms with Gasteiger partial charge < -0.3 is 0 Å². The Morgan fingerprint density at radius 1 is 0.400 bits per heavy atom. The molecule has 0 bridgehead atoms. The molecule has 0 rings (SSSR count). The molecule has 0 saturated heterocycles. The van der Waals surface area contributed by atoms with Crippen LogP contribution in [0.2, 0.25) is 0 Å². The van der Waals surface area contributed by atoms with Crippen molar-refractivity contribution >= 4 is 0 Å². The molecule has 0 nitrogen and oxygen atoms in total. The van der Waals surface area contributed by atoms with Crippen LogP contribution >= 0.6 is 0 Å². The first kappa shape index (κ1) is 25.0. The zero-order valence-electron chi connectivity index (χ0n) is 18.9. The summed E-state index contributed by atoms with van der Waals surface area (Å²) in [5.41, 5.74) is 0. The molecule has 3 unspecified atom stereocenters. The normalized spacial score (nSPS) is 15.5. The third-order valence-corrected chi connectivity index (χ3v) is 6.07. The van der Waals surface area contributed by atoms with Crippen LogP contribution in [0.5, 0.6) is 0 Å². The highest BCUT2D eigenvalue weighted by Gasteiger charge is 2.08. The minimum absolute atomic E-state index is 0.881. The molecule has 0 amide bonds. The van der Waals surface area contributed by atoms with E-state index in [2.05, 4.69) is 41.5 Å². The second kappa shape index (κ2) is 17.4. The molecule has 0 aromatic heterocycles. The van der Waals surface area contributed by atoms with Gasteiger partial charge in [-0.15, -0.1) is 0 Å². The Hall–Kier alpha value is 0. The second-order valence-corrected chi connectivity index (χ2v) is 9.70. The van der Waals surface area contributed by atoms with Gasteiger partial charge in [0.15, 0.2) is 0 Å². The van der Waals surface area contributed by atoms with Gasteiger partial charge in [0.25, 0.3) is 0 Å². The predicted octanol–water partition coefficient (Wildman–Crippen LogP) is 9.42. The summed E-state index contributed by atoms with van der Waals surface area (Å²) in [7, 11) is 0. The van der Waals surface area contributed by atoms with Crippen molar-refractivity contribution in [2.75, 3.05) is 0 Å². The van der Waals surface area contributed by atoms with E-state index in [9.17, 15) is 0 Å². The molecule has 3 atom stereocenters. The molecule has 0 aliphatic rings. The maximum atomic E-state index is 2.48. The molecule has 0 heterocycles. The number of hydrogen-bond acceptors (Lipinski definition) is 0. The van der Waals surface area contributed by atoms with Gasteiger partial charge in [0.1, 0.15) is 0 Å². The van der Waals surface area contributed by atoms with Crippen molar-refractivity contribution in [2.45, 2.75) is 138 Å². The van der Waals surface area contributed by atoms with Gasteiger partial charge in [-0.25, -0.2) is 0 Å². The Morgan fingerprint density at radius 2 is 0.760 bits per heavy atom. The third kappa shape index (κ3) is 18.6. The van der Waals surface area contributed by atoms with Crippen LogP contribution in [0, 0.1) is 23.7 Å². The van der Waals surface area contributed by atoms with Gasteiger partial charge in [-0.2, -0.15) is 0 Å². The zero-order chi connectivity index (χ0) is 18.9. The van der Waals surface area contributed by atoms with E-state index in [4.69, 9.17) is 0 Å². The fourth-order valence-electron chi connectivity index (χ4n) is 4.03. The van der Waals surface area contributed by atoms with Gasteiger partial charge in [-0.1, -0.05) is 138 Å². The quantitative estimate of drug-likeness (QED) is 0.215. The Bertz CT molecular complexity index is 255. The maximum absolute atomic E-state index is 2.48. The van der Waals surface area contributed by atoms with Crippen molar-refractivity contribution in [3.05, 3.63) is 0 Å². The molecule has 0 saturated carbocycles. The fourth-order valence-corrected chi connectivity index (χ4v) is 4.03. The van der Waals surface area contributed by atoms with Crippen molar-refractivity contribution in [1.29, 1.82) is 0 Å². The molecule has 0 aliphatic heterocycles. The summed E-state index contributed by atoms with van der Waals surface area (Å²) in [6, 6.07) is 0. The minimum atomic E-state index is 0.881. The third-order valence-electron chi connectivity index (χ3n) is 6.07. The van der Waals surface area contributed by atoms with E-state index in [1.54, 1.807) is 0 Å². The average Bonchev–Trinajstić information content (AvgIpc) is 2.54. The van der Waals surface area contributed by atoms with Gasteiger partial charge >= 0.3 is 0 Å². The van der Waals surface area contributed by atoms with Crippen LogP contribution in [0.15, 0.2) is 0 Å². The van der Waals surface area contributed by atoms with E-state index in [-0.39, 0.29) is 0 Å². The highest BCUT2D eigenvalue weighted by atomic mass is 14.1. The Balaban J connectivity index is 3.46. The largest absolute Gasteiger partial charge is 0.0654 e. The van der Waals surface area contributed by atoms with Crippen LogP contribution in [0.25, 0.3) is 0 Å². The Labute approximate surface area is 161 Å². The maximum Gasteiger partial charge on any atom is -0.0443 e. The molecule has 0 aromatic carbocycles. The van der Waals surface area contributed by atoms with Crippen LogP contribution in [-0.2, 0) is 0 Å². The monoisotopic (exact) mass is 352 g/mol. The van der Waals surface area contributed by atoms with E-state index in [0.717, 1.165) is 23.7 Å². The summed E-state index contributed by atoms with van der Waals surface area (Å²) < 4.78 is 0. The molecule has 0 fully saturated rings. The summed E-state index contributed by atoms with van der Waals surface area (Å²) in [5, 5.41) is 0. The lowest BCUT2D eigenvalue weighted by Crippen LogP contribution is -2.01. The van der Waals surface area contributed by atoms with Gasteiger partial charge in [0.2, 0.25) is 0 Å². The van der Waals surface area contributed by atoms with Crippen LogP contribution < -0.4 is 0 Å². The van der Waals surface area contributed by atoms with Crippen LogP contribution in [0.4, 0.5) is 0 Å². The van der Waals surface area contributed by atoms with Crippen molar-refractivity contribution in [3.8, 4) is 0 Å². The highest BCUT2D eigenvalue weighted by molar-refractivity contribution is 4.61. The van der Waals surface area contributed by atoms with E-state index >= 15 is 0 Å². The highest BCUT2D eigenvalue weighted by Crippen LogP contribution is 2.23. The lowest BCUT2D eigenvalue weighted by molar-refractivity contribution is 0.371. The molecule has 0 aliphatic carbocycles. The van der Waals surface area contributed by atoms with E-state index < -0.39 is 0 Å². The zero-order valence-corrected chi connectivity index (χ0v) is 18.9. The Morgan fingerprint density at radius 3 is 1.16 bits per heavy atom. The molecule has 0 heteroatoms. The standard InChI is InChI=1S/C25H52/c1-7-8-9-10-11-16-23(4)18-13-20-25(6)21-14-19-24(5)17-12-15-22(2)3/h22-25H,7-21H2,1-6H3. The lowest BCUT2D eigenvalue weighted by Gasteiger charge is -2.16. The summed E-state index contributed by atoms with van der Waals surface area (Å²) >= 11 is 0. The first-order chi connectivity index (χ1) is 12.0. The van der Waals surface area contributed by atoms with Gasteiger partial charge in [-0.05, 0) is 23.7 Å². The average molecular weight is 353 g/mol. The molecule has 152 valence electrons. The molecule has 0 spiro atoms. The van der Waals surface area contributed by atoms with Crippen molar-refractivity contribution in [2.24, 2.45) is 23.7 Å². The molecule has 0 aromatic rings. The molecular weight excluding hydrogens is 300 g/mol. The Kier molecular flexibility index (Phi) is 17.4. The topological polar surface area (TPSA) is 0 Å². The predicted molar refractivity (Wildman–Crippen MR) is 117 cm³/mol. The molecular formula is C25H52. The number of unbranched alkanes of at least 4 members (excludes halogenated alkanes) is 4. The van der Waals surface area contributed by atoms with E-state index in [1.165, 1.54) is 96.3 Å². The van der Waals surface area contributed by atoms with E-state index in [1.807, 2.05) is 0 Å². The lowest BCUT2D eigenvalue weighted by atomic mass is 9.90. The minimum Gasteiger partial charge on any atom is -0.0654 e. The SMILES string of the molecule is CCCCCCCC(C)CCCC(C)CCCC(C)CCCC(C)C. The van der Waals surface area contributed by atoms with Crippen LogP contribution in [0.3, 0.4) is 0 Å². The van der Waals surface area contributed by atoms with Gasteiger partial charge in [0, 0.05) is 0 Å². The summed E-state index contributed by atoms with van der Waals surface area (Å²) in [6.45, 7) is 14.4. The van der Waals surface area contributed by atoms with Gasteiger partial charge in [0.05, 0.1) is 0 Å². The van der Waals surface area contributed by atoms with Crippen molar-refractivity contribution in [1.82, 2.24) is 0 Å². The second-order valence-electron chi connectivity index (χ2n) is 9.70. The van der Waals surface area contributed by atoms with Gasteiger partial charge in [-0.3, -0.25) is 0 Å². The first-order valence-corrected chi connectivity index (χ1v) is 12.0. The fraction of sp³-hybridized carbons (Fsp3) is 1.00. The van der Waals surface area contributed by atoms with Crippen LogP contribution in [-0.4, -0.2) is 0 Å². The number of hydrogen-bond donors (Lipinski definition) is 0. The molecule has 0 N–H and O–H groups in total. The van der Waals surface area contributed by atoms with Crippen molar-refractivity contribution in [3.63, 3.8) is 0 Å². The summed E-state index contributed by atoms with van der Waals surface area (Å²) in [4.78, 5) is 0. The number of rotatable bonds is 18. The van der Waals surface area contributed by atoms with E-state index in [0.29, 0.717) is 0 Å². The van der Waals surface area contributed by atoms with Crippen LogP contribution in [0.1, 0.15) is 138 Å². The first-order valence-electron chi connectivity index (χ1n) is 12.0. The molecule has 25 heavy (non-hydrogen) atoms. The smallest absolute Gasteiger partial charge is 0.0443 e. The summed E-state index contributed by atoms with van der Waals surface area (Å²) in [5.74, 6) is 3.72. The summed E-state index contributed by atoms with van der Waals surface area (Å²) in [6.07, 6.45) is 21.7. The molecule has 0 radical (unpaired) electrons.